The molecule has 4 heteroatoms. The molecule has 4 saturated carbocycles. The Bertz CT molecular complexity index is 1020. The van der Waals surface area contributed by atoms with Gasteiger partial charge in [0, 0.05) is 28.8 Å². The van der Waals surface area contributed by atoms with Gasteiger partial charge in [-0.3, -0.25) is 0 Å². The number of rotatable bonds is 5. The summed E-state index contributed by atoms with van der Waals surface area (Å²) in [5.74, 6) is 3.45. The van der Waals surface area contributed by atoms with Gasteiger partial charge >= 0.3 is 0 Å². The van der Waals surface area contributed by atoms with Crippen LogP contribution in [-0.2, 0) is 0 Å². The van der Waals surface area contributed by atoms with E-state index in [9.17, 15) is 5.11 Å². The molecule has 2 aromatic carbocycles. The number of anilines is 1. The number of hydrogen-bond acceptors (Lipinski definition) is 4. The SMILES string of the molecule is C[C@](O)(CN1CCC(CN2Sc3cccc4cccc2c34)CC1)C12CC3CC(CC(C3)C1)C2. The van der Waals surface area contributed by atoms with Crippen LogP contribution in [0.1, 0.15) is 58.3 Å². The second-order valence-electron chi connectivity index (χ2n) is 12.5. The van der Waals surface area contributed by atoms with Crippen molar-refractivity contribution in [2.75, 3.05) is 30.5 Å². The highest BCUT2D eigenvalue weighted by Gasteiger charge is 2.58. The van der Waals surface area contributed by atoms with E-state index in [2.05, 4.69) is 52.5 Å². The van der Waals surface area contributed by atoms with Crippen LogP contribution in [0.25, 0.3) is 10.8 Å². The van der Waals surface area contributed by atoms with E-state index in [1.807, 2.05) is 11.9 Å². The predicted octanol–water partition coefficient (Wildman–Crippen LogP) is 6.35. The Morgan fingerprint density at radius 3 is 2.27 bits per heavy atom. The standard InChI is InChI=1S/C29H38N2OS/c1-28(32,29-15-21-12-22(16-29)14-23(13-21)17-29)19-30-10-8-20(9-11-30)18-31-25-6-2-4-24-5-3-7-26(33-31)27(24)25/h2-7,20-23,32H,8-19H2,1H3/t21?,22?,23?,28-,29?/m0/s1. The Balaban J connectivity index is 0.987. The van der Waals surface area contributed by atoms with Crippen molar-refractivity contribution in [2.45, 2.75) is 68.8 Å². The van der Waals surface area contributed by atoms with Crippen molar-refractivity contribution >= 4 is 28.4 Å². The van der Waals surface area contributed by atoms with Gasteiger partial charge < -0.3 is 14.3 Å². The summed E-state index contributed by atoms with van der Waals surface area (Å²) in [6.07, 6.45) is 10.7. The molecule has 4 aliphatic carbocycles. The zero-order valence-electron chi connectivity index (χ0n) is 20.0. The number of nitrogens with zero attached hydrogens (tertiary/aromatic N) is 2. The van der Waals surface area contributed by atoms with Crippen molar-refractivity contribution in [3.63, 3.8) is 0 Å². The van der Waals surface area contributed by atoms with Gasteiger partial charge in [-0.1, -0.05) is 24.3 Å². The fourth-order valence-electron chi connectivity index (χ4n) is 8.81. The monoisotopic (exact) mass is 462 g/mol. The maximum Gasteiger partial charge on any atom is 0.0802 e. The second kappa shape index (κ2) is 7.63. The largest absolute Gasteiger partial charge is 0.388 e. The third-order valence-electron chi connectivity index (χ3n) is 10.2. The first-order valence-electron chi connectivity index (χ1n) is 13.4. The fraction of sp³-hybridized carbons (Fsp3) is 0.655. The summed E-state index contributed by atoms with van der Waals surface area (Å²) >= 11 is 1.93. The third-order valence-corrected chi connectivity index (χ3v) is 11.3. The minimum atomic E-state index is -0.530. The lowest BCUT2D eigenvalue weighted by molar-refractivity contribution is -0.179. The van der Waals surface area contributed by atoms with E-state index in [0.717, 1.165) is 49.9 Å². The topological polar surface area (TPSA) is 26.7 Å². The van der Waals surface area contributed by atoms with Gasteiger partial charge in [-0.15, -0.1) is 0 Å². The van der Waals surface area contributed by atoms with Crippen LogP contribution in [0.2, 0.25) is 0 Å². The Morgan fingerprint density at radius 2 is 1.61 bits per heavy atom. The van der Waals surface area contributed by atoms with Crippen molar-refractivity contribution in [1.29, 1.82) is 0 Å². The van der Waals surface area contributed by atoms with E-state index in [1.54, 1.807) is 0 Å². The van der Waals surface area contributed by atoms with Crippen LogP contribution in [0.5, 0.6) is 0 Å². The van der Waals surface area contributed by atoms with Gasteiger partial charge in [-0.05, 0) is 125 Å². The molecule has 5 fully saturated rings. The van der Waals surface area contributed by atoms with Crippen LogP contribution in [-0.4, -0.2) is 41.8 Å². The van der Waals surface area contributed by atoms with Crippen molar-refractivity contribution in [2.24, 2.45) is 29.1 Å². The van der Waals surface area contributed by atoms with Crippen LogP contribution < -0.4 is 4.31 Å². The first kappa shape index (κ1) is 21.1. The molecule has 0 spiro atoms. The summed E-state index contributed by atoms with van der Waals surface area (Å²) in [6, 6.07) is 13.4. The van der Waals surface area contributed by atoms with Crippen LogP contribution in [0.4, 0.5) is 5.69 Å². The van der Waals surface area contributed by atoms with Crippen molar-refractivity contribution < 1.29 is 5.11 Å². The molecule has 1 N–H and O–H groups in total. The summed E-state index contributed by atoms with van der Waals surface area (Å²) in [7, 11) is 0. The average Bonchev–Trinajstić information content (AvgIpc) is 3.13. The predicted molar refractivity (Wildman–Crippen MR) is 138 cm³/mol. The molecule has 1 saturated heterocycles. The number of aliphatic hydroxyl groups is 1. The number of β-amino-alcohol motifs (C(OH)–C–C–N with tert-alkyl or cyclic N) is 1. The Labute approximate surface area is 203 Å². The van der Waals surface area contributed by atoms with Gasteiger partial charge in [-0.2, -0.15) is 0 Å². The van der Waals surface area contributed by atoms with Gasteiger partial charge in [0.1, 0.15) is 0 Å². The molecular weight excluding hydrogens is 424 g/mol. The van der Waals surface area contributed by atoms with Gasteiger partial charge in [0.05, 0.1) is 11.3 Å². The highest BCUT2D eigenvalue weighted by molar-refractivity contribution is 8.01. The molecular formula is C29H38N2OS. The second-order valence-corrected chi connectivity index (χ2v) is 13.5. The molecule has 4 bridgehead atoms. The molecule has 33 heavy (non-hydrogen) atoms. The molecule has 2 heterocycles. The summed E-state index contributed by atoms with van der Waals surface area (Å²) < 4.78 is 2.55. The van der Waals surface area contributed by atoms with Gasteiger partial charge in [0.2, 0.25) is 0 Å². The van der Waals surface area contributed by atoms with Crippen LogP contribution in [0.15, 0.2) is 41.3 Å². The number of hydrogen-bond donors (Lipinski definition) is 1. The van der Waals surface area contributed by atoms with Gasteiger partial charge in [0.25, 0.3) is 0 Å². The lowest BCUT2D eigenvalue weighted by Crippen LogP contribution is -2.61. The summed E-state index contributed by atoms with van der Waals surface area (Å²) in [6.45, 7) is 6.50. The molecule has 176 valence electrons. The first-order valence-corrected chi connectivity index (χ1v) is 14.2. The molecule has 6 aliphatic rings. The zero-order chi connectivity index (χ0) is 22.2. The summed E-state index contributed by atoms with van der Waals surface area (Å²) in [5, 5.41) is 14.7. The lowest BCUT2D eigenvalue weighted by atomic mass is 9.45. The van der Waals surface area contributed by atoms with E-state index >= 15 is 0 Å². The van der Waals surface area contributed by atoms with Gasteiger partial charge in [-0.25, -0.2) is 0 Å². The molecule has 2 aliphatic heterocycles. The van der Waals surface area contributed by atoms with Crippen LogP contribution in [0, 0.1) is 29.1 Å². The number of benzene rings is 2. The van der Waals surface area contributed by atoms with E-state index in [-0.39, 0.29) is 5.41 Å². The zero-order valence-corrected chi connectivity index (χ0v) is 20.8. The molecule has 0 unspecified atom stereocenters. The number of likely N-dealkylation sites (tertiary alicyclic amines) is 1. The van der Waals surface area contributed by atoms with Crippen molar-refractivity contribution in [1.82, 2.24) is 4.90 Å². The van der Waals surface area contributed by atoms with Crippen molar-refractivity contribution in [3.8, 4) is 0 Å². The molecule has 0 aromatic heterocycles. The quantitative estimate of drug-likeness (QED) is 0.524. The summed E-state index contributed by atoms with van der Waals surface area (Å²) in [5.41, 5.74) is 1.08. The maximum absolute atomic E-state index is 11.9. The highest BCUT2D eigenvalue weighted by Crippen LogP contribution is 2.63. The Morgan fingerprint density at radius 1 is 0.970 bits per heavy atom. The fourth-order valence-corrected chi connectivity index (χ4v) is 10.0. The van der Waals surface area contributed by atoms with E-state index < -0.39 is 5.60 Å². The van der Waals surface area contributed by atoms with Crippen LogP contribution >= 0.6 is 11.9 Å². The average molecular weight is 463 g/mol. The third kappa shape index (κ3) is 3.46. The maximum atomic E-state index is 11.9. The van der Waals surface area contributed by atoms with Crippen molar-refractivity contribution in [3.05, 3.63) is 36.4 Å². The first-order chi connectivity index (χ1) is 16.0. The molecule has 1 atom stereocenters. The van der Waals surface area contributed by atoms with E-state index in [4.69, 9.17) is 0 Å². The van der Waals surface area contributed by atoms with Crippen LogP contribution in [0.3, 0.4) is 0 Å². The minimum Gasteiger partial charge on any atom is -0.388 e. The van der Waals surface area contributed by atoms with Gasteiger partial charge in [0.15, 0.2) is 0 Å². The smallest absolute Gasteiger partial charge is 0.0802 e. The lowest BCUT2D eigenvalue weighted by Gasteiger charge is -2.62. The molecule has 8 rings (SSSR count). The highest BCUT2D eigenvalue weighted by atomic mass is 32.2. The minimum absolute atomic E-state index is 0.204. The summed E-state index contributed by atoms with van der Waals surface area (Å²) in [4.78, 5) is 4.01. The Kier molecular flexibility index (Phi) is 4.88. The molecule has 0 radical (unpaired) electrons. The Hall–Kier alpha value is -1.23. The molecule has 0 amide bonds. The van der Waals surface area contributed by atoms with E-state index in [0.29, 0.717) is 0 Å². The number of piperidine rings is 1. The molecule has 3 nitrogen and oxygen atoms in total. The normalized spacial score (nSPS) is 35.5. The van der Waals surface area contributed by atoms with E-state index in [1.165, 1.54) is 72.7 Å². The molecule has 2 aromatic rings.